The molecule has 0 amide bonds. The molecule has 0 fully saturated rings. The van der Waals surface area contributed by atoms with Crippen molar-refractivity contribution >= 4 is 9.28 Å². The van der Waals surface area contributed by atoms with Gasteiger partial charge in [-0.2, -0.15) is 0 Å². The Labute approximate surface area is 101 Å². The molecule has 0 heterocycles. The third-order valence-corrected chi connectivity index (χ3v) is 4.11. The molecule has 0 aliphatic heterocycles. The smallest absolute Gasteiger partial charge is 0.320 e. The van der Waals surface area contributed by atoms with Crippen molar-refractivity contribution in [1.82, 2.24) is 0 Å². The van der Waals surface area contributed by atoms with E-state index >= 15 is 0 Å². The van der Waals surface area contributed by atoms with Crippen molar-refractivity contribution in [3.05, 3.63) is 24.3 Å². The van der Waals surface area contributed by atoms with E-state index in [9.17, 15) is 0 Å². The Balaban J connectivity index is 3.54. The molecule has 0 rings (SSSR count). The van der Waals surface area contributed by atoms with E-state index in [1.54, 1.807) is 14.2 Å². The van der Waals surface area contributed by atoms with Crippen LogP contribution in [0.2, 0.25) is 6.04 Å². The summed E-state index contributed by atoms with van der Waals surface area (Å²) >= 11 is 0. The maximum Gasteiger partial charge on any atom is 0.320 e. The molecular weight excluding hydrogens is 220 g/mol. The van der Waals surface area contributed by atoms with Crippen LogP contribution in [0, 0.1) is 0 Å². The second-order valence-electron chi connectivity index (χ2n) is 3.58. The molecular formula is C12H24O3Si. The van der Waals surface area contributed by atoms with Crippen LogP contribution in [0.3, 0.4) is 0 Å². The van der Waals surface area contributed by atoms with E-state index in [1.165, 1.54) is 0 Å². The van der Waals surface area contributed by atoms with Gasteiger partial charge in [0.2, 0.25) is 0 Å². The summed E-state index contributed by atoms with van der Waals surface area (Å²) in [5.41, 5.74) is 0. The maximum atomic E-state index is 5.62. The topological polar surface area (TPSA) is 27.7 Å². The first-order chi connectivity index (χ1) is 7.74. The summed E-state index contributed by atoms with van der Waals surface area (Å²) in [6, 6.07) is 0.993. The summed E-state index contributed by atoms with van der Waals surface area (Å²) in [5, 5.41) is 0. The minimum Gasteiger partial charge on any atom is -0.400 e. The summed E-state index contributed by atoms with van der Waals surface area (Å²) in [5.74, 6) is 0. The molecule has 16 heavy (non-hydrogen) atoms. The highest BCUT2D eigenvalue weighted by Crippen LogP contribution is 2.06. The predicted molar refractivity (Wildman–Crippen MR) is 70.0 cm³/mol. The van der Waals surface area contributed by atoms with E-state index in [0.29, 0.717) is 6.61 Å². The normalized spacial score (nSPS) is 14.3. The molecule has 1 unspecified atom stereocenters. The van der Waals surface area contributed by atoms with E-state index in [2.05, 4.69) is 6.92 Å². The summed E-state index contributed by atoms with van der Waals surface area (Å²) in [4.78, 5) is 0. The lowest BCUT2D eigenvalue weighted by atomic mass is 10.3. The minimum atomic E-state index is -1.41. The summed E-state index contributed by atoms with van der Waals surface area (Å²) in [6.45, 7) is 4.74. The van der Waals surface area contributed by atoms with Gasteiger partial charge < -0.3 is 13.6 Å². The van der Waals surface area contributed by atoms with Crippen LogP contribution in [0.5, 0.6) is 0 Å². The van der Waals surface area contributed by atoms with Crippen molar-refractivity contribution in [2.45, 2.75) is 32.4 Å². The van der Waals surface area contributed by atoms with Crippen LogP contribution in [-0.2, 0) is 13.6 Å². The van der Waals surface area contributed by atoms with Crippen LogP contribution in [-0.4, -0.2) is 36.2 Å². The fourth-order valence-electron chi connectivity index (χ4n) is 1.25. The molecule has 1 atom stereocenters. The Kier molecular flexibility index (Phi) is 10.8. The van der Waals surface area contributed by atoms with E-state index in [4.69, 9.17) is 13.6 Å². The molecule has 0 aliphatic rings. The number of hydrogen-bond donors (Lipinski definition) is 0. The lowest BCUT2D eigenvalue weighted by Crippen LogP contribution is -2.21. The zero-order valence-corrected chi connectivity index (χ0v) is 12.0. The molecule has 0 saturated heterocycles. The van der Waals surface area contributed by atoms with Gasteiger partial charge in [-0.1, -0.05) is 24.3 Å². The number of ether oxygens (including phenoxy) is 1. The molecule has 0 spiro atoms. The number of rotatable bonds is 9. The van der Waals surface area contributed by atoms with Gasteiger partial charge in [-0.15, -0.1) is 0 Å². The maximum absolute atomic E-state index is 5.62. The lowest BCUT2D eigenvalue weighted by molar-refractivity contribution is 0.0837. The van der Waals surface area contributed by atoms with Crippen molar-refractivity contribution in [1.29, 1.82) is 0 Å². The predicted octanol–water partition coefficient (Wildman–Crippen LogP) is 2.43. The van der Waals surface area contributed by atoms with Crippen LogP contribution in [0.25, 0.3) is 0 Å². The molecule has 0 aliphatic carbocycles. The second-order valence-corrected chi connectivity index (χ2v) is 5.96. The van der Waals surface area contributed by atoms with Gasteiger partial charge in [0.05, 0.1) is 12.7 Å². The Bertz CT molecular complexity index is 200. The molecule has 0 aromatic heterocycles. The van der Waals surface area contributed by atoms with Gasteiger partial charge in [-0.05, 0) is 26.3 Å². The van der Waals surface area contributed by atoms with Gasteiger partial charge in [0, 0.05) is 14.2 Å². The third kappa shape index (κ3) is 8.85. The first-order valence-electron chi connectivity index (χ1n) is 5.69. The highest BCUT2D eigenvalue weighted by molar-refractivity contribution is 6.44. The quantitative estimate of drug-likeness (QED) is 0.460. The van der Waals surface area contributed by atoms with Crippen molar-refractivity contribution in [2.24, 2.45) is 0 Å². The molecule has 0 aromatic rings. The fraction of sp³-hybridized carbons (Fsp3) is 0.667. The number of hydrogen-bond acceptors (Lipinski definition) is 3. The number of allylic oxidation sites excluding steroid dienone is 3. The minimum absolute atomic E-state index is 0.260. The summed E-state index contributed by atoms with van der Waals surface area (Å²) in [6.07, 6.45) is 9.25. The largest absolute Gasteiger partial charge is 0.400 e. The molecule has 3 nitrogen and oxygen atoms in total. The first kappa shape index (κ1) is 15.6. The first-order valence-corrected chi connectivity index (χ1v) is 7.45. The Hall–Kier alpha value is -0.423. The molecule has 4 heteroatoms. The third-order valence-electron chi connectivity index (χ3n) is 2.25. The highest BCUT2D eigenvalue weighted by atomic mass is 28.3. The van der Waals surface area contributed by atoms with Crippen LogP contribution in [0.15, 0.2) is 24.3 Å². The van der Waals surface area contributed by atoms with Crippen molar-refractivity contribution in [3.8, 4) is 0 Å². The van der Waals surface area contributed by atoms with Crippen molar-refractivity contribution in [3.63, 3.8) is 0 Å². The zero-order chi connectivity index (χ0) is 12.2. The van der Waals surface area contributed by atoms with Gasteiger partial charge >= 0.3 is 9.28 Å². The highest BCUT2D eigenvalue weighted by Gasteiger charge is 2.11. The average Bonchev–Trinajstić information content (AvgIpc) is 2.30. The van der Waals surface area contributed by atoms with Gasteiger partial charge in [-0.3, -0.25) is 0 Å². The zero-order valence-electron chi connectivity index (χ0n) is 10.8. The Morgan fingerprint density at radius 1 is 1.19 bits per heavy atom. The van der Waals surface area contributed by atoms with E-state index < -0.39 is 9.28 Å². The van der Waals surface area contributed by atoms with Crippen molar-refractivity contribution in [2.75, 3.05) is 20.8 Å². The Morgan fingerprint density at radius 3 is 2.44 bits per heavy atom. The second kappa shape index (κ2) is 11.1. The van der Waals surface area contributed by atoms with Crippen LogP contribution >= 0.6 is 0 Å². The molecule has 94 valence electrons. The van der Waals surface area contributed by atoms with Crippen LogP contribution < -0.4 is 0 Å². The SMILES string of the molecule is C/C=C/C=C/COC(C)CC[SiH](OC)OC. The lowest BCUT2D eigenvalue weighted by Gasteiger charge is -2.14. The van der Waals surface area contributed by atoms with E-state index in [1.807, 2.05) is 31.2 Å². The molecule has 0 saturated carbocycles. The standard InChI is InChI=1S/C12H24O3Si/c1-5-6-7-8-10-15-12(2)9-11-16(13-3)14-4/h5-8,12,16H,9-11H2,1-4H3/b6-5+,8-7+. The molecule has 0 N–H and O–H groups in total. The molecule has 0 aromatic carbocycles. The summed E-state index contributed by atoms with van der Waals surface area (Å²) in [7, 11) is 2.02. The van der Waals surface area contributed by atoms with Crippen LogP contribution in [0.1, 0.15) is 20.3 Å². The van der Waals surface area contributed by atoms with Crippen LogP contribution in [0.4, 0.5) is 0 Å². The monoisotopic (exact) mass is 244 g/mol. The van der Waals surface area contributed by atoms with Gasteiger partial charge in [0.15, 0.2) is 0 Å². The molecule has 0 radical (unpaired) electrons. The van der Waals surface area contributed by atoms with Gasteiger partial charge in [0.1, 0.15) is 0 Å². The average molecular weight is 244 g/mol. The fourth-order valence-corrected chi connectivity index (χ4v) is 2.66. The van der Waals surface area contributed by atoms with Gasteiger partial charge in [-0.25, -0.2) is 0 Å². The Morgan fingerprint density at radius 2 is 1.88 bits per heavy atom. The van der Waals surface area contributed by atoms with Crippen molar-refractivity contribution < 1.29 is 13.6 Å². The molecule has 0 bridgehead atoms. The van der Waals surface area contributed by atoms with E-state index in [0.717, 1.165) is 12.5 Å². The van der Waals surface area contributed by atoms with Gasteiger partial charge in [0.25, 0.3) is 0 Å². The van der Waals surface area contributed by atoms with E-state index in [-0.39, 0.29) is 6.10 Å². The summed E-state index contributed by atoms with van der Waals surface area (Å²) < 4.78 is 16.1.